The molecule has 0 heterocycles. The van der Waals surface area contributed by atoms with Gasteiger partial charge in [-0.15, -0.1) is 0 Å². The second kappa shape index (κ2) is 7.28. The standard InChI is InChI=1S/C17H17BrN2O3/c1-10(2)23-15-8-7-11(9-13(15)18)17(22)20-14-6-4-3-5-12(14)16(19)21/h3-10H,1-2H3,(H2,19,21)(H,20,22). The molecule has 23 heavy (non-hydrogen) atoms. The van der Waals surface area contributed by atoms with Crippen LogP contribution in [-0.4, -0.2) is 17.9 Å². The summed E-state index contributed by atoms with van der Waals surface area (Å²) in [6, 6.07) is 11.6. The van der Waals surface area contributed by atoms with Crippen LogP contribution in [0, 0.1) is 0 Å². The first kappa shape index (κ1) is 17.0. The van der Waals surface area contributed by atoms with Gasteiger partial charge in [-0.2, -0.15) is 0 Å². The summed E-state index contributed by atoms with van der Waals surface area (Å²) >= 11 is 3.39. The van der Waals surface area contributed by atoms with E-state index >= 15 is 0 Å². The average molecular weight is 377 g/mol. The van der Waals surface area contributed by atoms with Crippen molar-refractivity contribution in [3.63, 3.8) is 0 Å². The highest BCUT2D eigenvalue weighted by Crippen LogP contribution is 2.27. The fourth-order valence-corrected chi connectivity index (χ4v) is 2.47. The van der Waals surface area contributed by atoms with Gasteiger partial charge in [-0.05, 0) is 60.1 Å². The summed E-state index contributed by atoms with van der Waals surface area (Å²) in [5, 5.41) is 2.69. The topological polar surface area (TPSA) is 81.4 Å². The van der Waals surface area contributed by atoms with E-state index in [0.717, 1.165) is 0 Å². The number of anilines is 1. The molecule has 0 aliphatic rings. The molecule has 5 nitrogen and oxygen atoms in total. The molecule has 0 radical (unpaired) electrons. The molecular formula is C17H17BrN2O3. The molecule has 120 valence electrons. The van der Waals surface area contributed by atoms with Crippen molar-refractivity contribution in [3.05, 3.63) is 58.1 Å². The first-order valence-corrected chi connectivity index (χ1v) is 7.84. The van der Waals surface area contributed by atoms with Crippen LogP contribution in [0.2, 0.25) is 0 Å². The zero-order valence-electron chi connectivity index (χ0n) is 12.8. The van der Waals surface area contributed by atoms with Crippen LogP contribution in [0.25, 0.3) is 0 Å². The van der Waals surface area contributed by atoms with Gasteiger partial charge in [0.2, 0.25) is 0 Å². The van der Waals surface area contributed by atoms with Crippen molar-refractivity contribution in [2.24, 2.45) is 5.73 Å². The predicted molar refractivity (Wildman–Crippen MR) is 92.8 cm³/mol. The number of benzene rings is 2. The Morgan fingerprint density at radius 1 is 1.17 bits per heavy atom. The Kier molecular flexibility index (Phi) is 5.39. The molecule has 0 fully saturated rings. The lowest BCUT2D eigenvalue weighted by atomic mass is 10.1. The number of ether oxygens (including phenoxy) is 1. The molecule has 0 unspecified atom stereocenters. The zero-order valence-corrected chi connectivity index (χ0v) is 14.4. The van der Waals surface area contributed by atoms with E-state index in [4.69, 9.17) is 10.5 Å². The molecule has 0 aliphatic heterocycles. The van der Waals surface area contributed by atoms with Gasteiger partial charge in [-0.3, -0.25) is 9.59 Å². The summed E-state index contributed by atoms with van der Waals surface area (Å²) in [6.45, 7) is 3.85. The van der Waals surface area contributed by atoms with E-state index in [1.807, 2.05) is 13.8 Å². The van der Waals surface area contributed by atoms with Crippen molar-refractivity contribution < 1.29 is 14.3 Å². The van der Waals surface area contributed by atoms with Gasteiger partial charge in [0, 0.05) is 5.56 Å². The van der Waals surface area contributed by atoms with Crippen LogP contribution in [0.4, 0.5) is 5.69 Å². The Labute approximate surface area is 143 Å². The van der Waals surface area contributed by atoms with Gasteiger partial charge >= 0.3 is 0 Å². The molecule has 0 saturated carbocycles. The van der Waals surface area contributed by atoms with Gasteiger partial charge in [0.05, 0.1) is 21.8 Å². The number of primary amides is 1. The number of rotatable bonds is 5. The molecule has 0 aliphatic carbocycles. The number of carbonyl (C=O) groups is 2. The van der Waals surface area contributed by atoms with E-state index < -0.39 is 5.91 Å². The largest absolute Gasteiger partial charge is 0.490 e. The Balaban J connectivity index is 2.22. The zero-order chi connectivity index (χ0) is 17.0. The van der Waals surface area contributed by atoms with Gasteiger partial charge in [0.25, 0.3) is 11.8 Å². The summed E-state index contributed by atoms with van der Waals surface area (Å²) in [5.41, 5.74) is 6.38. The maximum atomic E-state index is 12.3. The molecular weight excluding hydrogens is 360 g/mol. The molecule has 0 saturated heterocycles. The van der Waals surface area contributed by atoms with Crippen LogP contribution in [0.15, 0.2) is 46.9 Å². The molecule has 2 rings (SSSR count). The van der Waals surface area contributed by atoms with Crippen molar-refractivity contribution in [1.29, 1.82) is 0 Å². The highest BCUT2D eigenvalue weighted by Gasteiger charge is 2.13. The quantitative estimate of drug-likeness (QED) is 0.836. The summed E-state index contributed by atoms with van der Waals surface area (Å²) < 4.78 is 6.29. The molecule has 2 aromatic carbocycles. The third-order valence-corrected chi connectivity index (χ3v) is 3.62. The fourth-order valence-electron chi connectivity index (χ4n) is 1.99. The van der Waals surface area contributed by atoms with Gasteiger partial charge in [0.1, 0.15) is 5.75 Å². The third kappa shape index (κ3) is 4.32. The molecule has 2 amide bonds. The van der Waals surface area contributed by atoms with Crippen LogP contribution >= 0.6 is 15.9 Å². The van der Waals surface area contributed by atoms with Crippen LogP contribution in [0.5, 0.6) is 5.75 Å². The second-order valence-electron chi connectivity index (χ2n) is 5.18. The summed E-state index contributed by atoms with van der Waals surface area (Å²) in [7, 11) is 0. The first-order valence-electron chi connectivity index (χ1n) is 7.05. The molecule has 0 aromatic heterocycles. The number of carbonyl (C=O) groups excluding carboxylic acids is 2. The van der Waals surface area contributed by atoms with Crippen LogP contribution in [0.1, 0.15) is 34.6 Å². The highest BCUT2D eigenvalue weighted by molar-refractivity contribution is 9.10. The van der Waals surface area contributed by atoms with E-state index in [1.165, 1.54) is 0 Å². The van der Waals surface area contributed by atoms with Crippen molar-refractivity contribution in [1.82, 2.24) is 0 Å². The summed E-state index contributed by atoms with van der Waals surface area (Å²) in [5.74, 6) is -0.271. The smallest absolute Gasteiger partial charge is 0.255 e. The maximum Gasteiger partial charge on any atom is 0.255 e. The first-order chi connectivity index (χ1) is 10.9. The molecule has 6 heteroatoms. The highest BCUT2D eigenvalue weighted by atomic mass is 79.9. The Morgan fingerprint density at radius 2 is 1.87 bits per heavy atom. The minimum absolute atomic E-state index is 0.0356. The van der Waals surface area contributed by atoms with Crippen LogP contribution in [-0.2, 0) is 0 Å². The Bertz CT molecular complexity index is 744. The van der Waals surface area contributed by atoms with Crippen molar-refractivity contribution in [3.8, 4) is 5.75 Å². The lowest BCUT2D eigenvalue weighted by molar-refractivity contribution is 0.100. The van der Waals surface area contributed by atoms with Crippen LogP contribution in [0.3, 0.4) is 0 Å². The average Bonchev–Trinajstić information content (AvgIpc) is 2.49. The van der Waals surface area contributed by atoms with E-state index in [2.05, 4.69) is 21.2 Å². The van der Waals surface area contributed by atoms with Crippen molar-refractivity contribution >= 4 is 33.4 Å². The number of hydrogen-bond acceptors (Lipinski definition) is 3. The number of nitrogens with two attached hydrogens (primary N) is 1. The van der Waals surface area contributed by atoms with E-state index in [1.54, 1.807) is 42.5 Å². The Morgan fingerprint density at radius 3 is 2.48 bits per heavy atom. The summed E-state index contributed by atoms with van der Waals surface area (Å²) in [4.78, 5) is 23.7. The molecule has 0 spiro atoms. The number of halogens is 1. The monoisotopic (exact) mass is 376 g/mol. The minimum Gasteiger partial charge on any atom is -0.490 e. The Hall–Kier alpha value is -2.34. The number of nitrogens with one attached hydrogen (secondary N) is 1. The van der Waals surface area contributed by atoms with Crippen LogP contribution < -0.4 is 15.8 Å². The van der Waals surface area contributed by atoms with E-state index in [0.29, 0.717) is 21.5 Å². The van der Waals surface area contributed by atoms with Gasteiger partial charge in [-0.25, -0.2) is 0 Å². The van der Waals surface area contributed by atoms with E-state index in [-0.39, 0.29) is 17.6 Å². The molecule has 0 atom stereocenters. The van der Waals surface area contributed by atoms with Gasteiger partial charge < -0.3 is 15.8 Å². The predicted octanol–water partition coefficient (Wildman–Crippen LogP) is 3.59. The minimum atomic E-state index is -0.595. The lowest BCUT2D eigenvalue weighted by Gasteiger charge is -2.13. The summed E-state index contributed by atoms with van der Waals surface area (Å²) in [6.07, 6.45) is 0.0356. The molecule has 0 bridgehead atoms. The van der Waals surface area contributed by atoms with Crippen molar-refractivity contribution in [2.45, 2.75) is 20.0 Å². The lowest BCUT2D eigenvalue weighted by Crippen LogP contribution is -2.18. The SMILES string of the molecule is CC(C)Oc1ccc(C(=O)Nc2ccccc2C(N)=O)cc1Br. The fraction of sp³-hybridized carbons (Fsp3) is 0.176. The number of hydrogen-bond donors (Lipinski definition) is 2. The van der Waals surface area contributed by atoms with Gasteiger partial charge in [-0.1, -0.05) is 12.1 Å². The van der Waals surface area contributed by atoms with Gasteiger partial charge in [0.15, 0.2) is 0 Å². The second-order valence-corrected chi connectivity index (χ2v) is 6.03. The number of amides is 2. The van der Waals surface area contributed by atoms with Crippen molar-refractivity contribution in [2.75, 3.05) is 5.32 Å². The molecule has 2 aromatic rings. The third-order valence-electron chi connectivity index (χ3n) is 3.00. The number of para-hydroxylation sites is 1. The van der Waals surface area contributed by atoms with E-state index in [9.17, 15) is 9.59 Å². The maximum absolute atomic E-state index is 12.3. The molecule has 3 N–H and O–H groups in total. The normalized spacial score (nSPS) is 10.4.